The van der Waals surface area contributed by atoms with Crippen molar-refractivity contribution in [3.63, 3.8) is 0 Å². The zero-order valence-electron chi connectivity index (χ0n) is 23.5. The minimum Gasteiger partial charge on any atom is -0.465 e. The Hall–Kier alpha value is -0.530. The molecule has 0 N–H and O–H groups in total. The Kier molecular flexibility index (Phi) is 24.2. The molecule has 0 aliphatic heterocycles. The van der Waals surface area contributed by atoms with E-state index in [1.165, 1.54) is 128 Å². The molecule has 0 bridgehead atoms. The predicted octanol–water partition coefficient (Wildman–Crippen LogP) is 11.0. The Morgan fingerprint density at radius 3 is 1.21 bits per heavy atom. The summed E-state index contributed by atoms with van der Waals surface area (Å²) in [6.45, 7) is 9.43. The normalized spacial score (nSPS) is 13.2. The second-order valence-electron chi connectivity index (χ2n) is 10.9. The second kappa shape index (κ2) is 24.6. The summed E-state index contributed by atoms with van der Waals surface area (Å²) in [4.78, 5) is 12.7. The first-order chi connectivity index (χ1) is 16.1. The first kappa shape index (κ1) is 32.5. The molecule has 0 radical (unpaired) electrons. The van der Waals surface area contributed by atoms with Crippen LogP contribution in [0.2, 0.25) is 0 Å². The van der Waals surface area contributed by atoms with Crippen molar-refractivity contribution < 1.29 is 9.53 Å². The number of esters is 1. The standard InChI is InChI=1S/C31H62O2/c1-5-8-10-12-14-16-17-18-19-21-23-25-27-29-33-30(32)31(4,7-3)28-26-24-22-20-15-13-11-9-6-2/h5-29H2,1-4H3. The Morgan fingerprint density at radius 2 is 0.848 bits per heavy atom. The second-order valence-corrected chi connectivity index (χ2v) is 10.9. The molecule has 0 aliphatic carbocycles. The molecule has 0 rings (SSSR count). The van der Waals surface area contributed by atoms with Gasteiger partial charge in [-0.1, -0.05) is 156 Å². The van der Waals surface area contributed by atoms with Crippen molar-refractivity contribution >= 4 is 5.97 Å². The highest BCUT2D eigenvalue weighted by Crippen LogP contribution is 2.30. The average molecular weight is 467 g/mol. The van der Waals surface area contributed by atoms with Gasteiger partial charge in [0.1, 0.15) is 0 Å². The number of carbonyl (C=O) groups is 1. The summed E-state index contributed by atoms with van der Waals surface area (Å²) >= 11 is 0. The lowest BCUT2D eigenvalue weighted by molar-refractivity contribution is -0.155. The van der Waals surface area contributed by atoms with Gasteiger partial charge in [-0.2, -0.15) is 0 Å². The summed E-state index contributed by atoms with van der Waals surface area (Å²) < 4.78 is 5.69. The number of carbonyl (C=O) groups excluding carboxylic acids is 1. The van der Waals surface area contributed by atoms with Gasteiger partial charge < -0.3 is 4.74 Å². The maximum Gasteiger partial charge on any atom is 0.311 e. The van der Waals surface area contributed by atoms with E-state index in [1.54, 1.807) is 0 Å². The quantitative estimate of drug-likeness (QED) is 0.0935. The van der Waals surface area contributed by atoms with Gasteiger partial charge in [-0.05, 0) is 26.2 Å². The van der Waals surface area contributed by atoms with E-state index in [0.717, 1.165) is 25.7 Å². The Morgan fingerprint density at radius 1 is 0.515 bits per heavy atom. The highest BCUT2D eigenvalue weighted by atomic mass is 16.5. The van der Waals surface area contributed by atoms with Gasteiger partial charge in [0.05, 0.1) is 12.0 Å². The van der Waals surface area contributed by atoms with Crippen LogP contribution in [0.25, 0.3) is 0 Å². The summed E-state index contributed by atoms with van der Waals surface area (Å²) in [7, 11) is 0. The molecule has 2 nitrogen and oxygen atoms in total. The van der Waals surface area contributed by atoms with Crippen LogP contribution in [0.4, 0.5) is 0 Å². The molecule has 198 valence electrons. The molecule has 1 unspecified atom stereocenters. The smallest absolute Gasteiger partial charge is 0.311 e. The van der Waals surface area contributed by atoms with Crippen molar-refractivity contribution in [3.05, 3.63) is 0 Å². The maximum atomic E-state index is 12.7. The predicted molar refractivity (Wildman–Crippen MR) is 147 cm³/mol. The zero-order valence-corrected chi connectivity index (χ0v) is 23.5. The summed E-state index contributed by atoms with van der Waals surface area (Å²) in [6, 6.07) is 0. The van der Waals surface area contributed by atoms with Gasteiger partial charge in [-0.15, -0.1) is 0 Å². The van der Waals surface area contributed by atoms with Crippen LogP contribution in [0.1, 0.15) is 182 Å². The monoisotopic (exact) mass is 466 g/mol. The lowest BCUT2D eigenvalue weighted by Gasteiger charge is -2.26. The fourth-order valence-electron chi connectivity index (χ4n) is 4.71. The van der Waals surface area contributed by atoms with Crippen molar-refractivity contribution in [2.24, 2.45) is 5.41 Å². The van der Waals surface area contributed by atoms with Crippen LogP contribution >= 0.6 is 0 Å². The van der Waals surface area contributed by atoms with Gasteiger partial charge in [0.25, 0.3) is 0 Å². The molecule has 0 heterocycles. The molecule has 0 aromatic rings. The largest absolute Gasteiger partial charge is 0.465 e. The van der Waals surface area contributed by atoms with Gasteiger partial charge in [0.15, 0.2) is 0 Å². The van der Waals surface area contributed by atoms with Crippen molar-refractivity contribution in [2.45, 2.75) is 182 Å². The third-order valence-corrected chi connectivity index (χ3v) is 7.59. The SMILES string of the molecule is CCCCCCCCCCCCCCCOC(=O)C(C)(CC)CCCCCCCCCCC. The lowest BCUT2D eigenvalue weighted by Crippen LogP contribution is -2.29. The van der Waals surface area contributed by atoms with Gasteiger partial charge >= 0.3 is 5.97 Å². The summed E-state index contributed by atoms with van der Waals surface area (Å²) in [6.07, 6.45) is 31.4. The van der Waals surface area contributed by atoms with Crippen LogP contribution in [0.15, 0.2) is 0 Å². The highest BCUT2D eigenvalue weighted by Gasteiger charge is 2.32. The zero-order chi connectivity index (χ0) is 24.5. The third kappa shape index (κ3) is 20.5. The molecule has 33 heavy (non-hydrogen) atoms. The average Bonchev–Trinajstić information content (AvgIpc) is 2.82. The van der Waals surface area contributed by atoms with E-state index in [4.69, 9.17) is 4.74 Å². The minimum absolute atomic E-state index is 0.0449. The van der Waals surface area contributed by atoms with E-state index in [1.807, 2.05) is 0 Å². The first-order valence-corrected chi connectivity index (χ1v) is 15.3. The van der Waals surface area contributed by atoms with Crippen LogP contribution in [0.3, 0.4) is 0 Å². The molecule has 1 atom stereocenters. The maximum absolute atomic E-state index is 12.7. The fraction of sp³-hybridized carbons (Fsp3) is 0.968. The fourth-order valence-corrected chi connectivity index (χ4v) is 4.71. The molecule has 0 spiro atoms. The Balaban J connectivity index is 3.58. The number of hydrogen-bond donors (Lipinski definition) is 0. The van der Waals surface area contributed by atoms with Crippen LogP contribution in [-0.4, -0.2) is 12.6 Å². The van der Waals surface area contributed by atoms with Crippen LogP contribution in [0.5, 0.6) is 0 Å². The third-order valence-electron chi connectivity index (χ3n) is 7.59. The van der Waals surface area contributed by atoms with E-state index < -0.39 is 0 Å². The molecular formula is C31H62O2. The highest BCUT2D eigenvalue weighted by molar-refractivity contribution is 5.76. The lowest BCUT2D eigenvalue weighted by atomic mass is 9.82. The molecule has 0 saturated carbocycles. The van der Waals surface area contributed by atoms with Crippen LogP contribution in [0, 0.1) is 5.41 Å². The first-order valence-electron chi connectivity index (χ1n) is 15.3. The Bertz CT molecular complexity index is 406. The van der Waals surface area contributed by atoms with E-state index in [0.29, 0.717) is 6.61 Å². The van der Waals surface area contributed by atoms with E-state index in [9.17, 15) is 4.79 Å². The summed E-state index contributed by atoms with van der Waals surface area (Å²) in [5.74, 6) is 0.0449. The molecular weight excluding hydrogens is 404 g/mol. The molecule has 2 heteroatoms. The van der Waals surface area contributed by atoms with E-state index in [-0.39, 0.29) is 11.4 Å². The van der Waals surface area contributed by atoms with Crippen molar-refractivity contribution in [1.82, 2.24) is 0 Å². The molecule has 0 aromatic carbocycles. The van der Waals surface area contributed by atoms with Crippen molar-refractivity contribution in [3.8, 4) is 0 Å². The topological polar surface area (TPSA) is 26.3 Å². The summed E-state index contributed by atoms with van der Waals surface area (Å²) in [5.41, 5.74) is -0.280. The molecule has 0 aromatic heterocycles. The van der Waals surface area contributed by atoms with Gasteiger partial charge in [-0.3, -0.25) is 4.79 Å². The minimum atomic E-state index is -0.280. The number of hydrogen-bond acceptors (Lipinski definition) is 2. The molecule has 0 amide bonds. The summed E-state index contributed by atoms with van der Waals surface area (Å²) in [5, 5.41) is 0. The van der Waals surface area contributed by atoms with Gasteiger partial charge in [0, 0.05) is 0 Å². The Labute approximate surface area is 209 Å². The molecule has 0 fully saturated rings. The number of ether oxygens (including phenoxy) is 1. The van der Waals surface area contributed by atoms with Crippen LogP contribution < -0.4 is 0 Å². The van der Waals surface area contributed by atoms with Gasteiger partial charge in [0.2, 0.25) is 0 Å². The van der Waals surface area contributed by atoms with E-state index >= 15 is 0 Å². The van der Waals surface area contributed by atoms with Crippen molar-refractivity contribution in [1.29, 1.82) is 0 Å². The van der Waals surface area contributed by atoms with Gasteiger partial charge in [-0.25, -0.2) is 0 Å². The number of rotatable bonds is 26. The van der Waals surface area contributed by atoms with E-state index in [2.05, 4.69) is 27.7 Å². The molecule has 0 aliphatic rings. The van der Waals surface area contributed by atoms with Crippen LogP contribution in [-0.2, 0) is 9.53 Å². The number of unbranched alkanes of at least 4 members (excludes halogenated alkanes) is 20. The molecule has 0 saturated heterocycles. The van der Waals surface area contributed by atoms with Crippen molar-refractivity contribution in [2.75, 3.05) is 6.61 Å².